The van der Waals surface area contributed by atoms with Crippen molar-refractivity contribution in [2.75, 3.05) is 18.4 Å². The molecule has 0 heterocycles. The summed E-state index contributed by atoms with van der Waals surface area (Å²) in [5.74, 6) is 0. The summed E-state index contributed by atoms with van der Waals surface area (Å²) in [5.41, 5.74) is 0. The van der Waals surface area contributed by atoms with Crippen LogP contribution in [0.25, 0.3) is 0 Å². The maximum Gasteiger partial charge on any atom is 0.00434 e. The normalized spacial score (nSPS) is 11.5. The van der Waals surface area contributed by atoms with E-state index in [-0.39, 0.29) is 0 Å². The van der Waals surface area contributed by atoms with Gasteiger partial charge in [0.25, 0.3) is 0 Å². The average molecular weight is 222 g/mol. The van der Waals surface area contributed by atoms with Crippen LogP contribution in [0.2, 0.25) is 0 Å². The van der Waals surface area contributed by atoms with Crippen molar-refractivity contribution in [2.45, 2.75) is 39.7 Å². The third-order valence-corrected chi connectivity index (χ3v) is 2.38. The smallest absolute Gasteiger partial charge is 0.00434 e. The lowest BCUT2D eigenvalue weighted by Crippen LogP contribution is -2.32. The number of rotatable bonds is 6. The first kappa shape index (κ1) is 11.4. The highest BCUT2D eigenvalue weighted by atomic mass is 79.9. The van der Waals surface area contributed by atoms with Gasteiger partial charge in [-0.25, -0.2) is 0 Å². The van der Waals surface area contributed by atoms with Crippen LogP contribution in [-0.2, 0) is 0 Å². The van der Waals surface area contributed by atoms with Crippen molar-refractivity contribution in [3.8, 4) is 0 Å². The van der Waals surface area contributed by atoms with Gasteiger partial charge in [-0.1, -0.05) is 22.9 Å². The molecule has 2 heteroatoms. The molecule has 68 valence electrons. The van der Waals surface area contributed by atoms with Crippen molar-refractivity contribution < 1.29 is 0 Å². The highest BCUT2D eigenvalue weighted by molar-refractivity contribution is 9.09. The predicted molar refractivity (Wildman–Crippen MR) is 55.4 cm³/mol. The van der Waals surface area contributed by atoms with Gasteiger partial charge in [-0.05, 0) is 39.8 Å². The second-order valence-electron chi connectivity index (χ2n) is 3.17. The van der Waals surface area contributed by atoms with E-state index >= 15 is 0 Å². The zero-order valence-corrected chi connectivity index (χ0v) is 9.52. The largest absolute Gasteiger partial charge is 0.301 e. The van der Waals surface area contributed by atoms with Crippen molar-refractivity contribution in [1.29, 1.82) is 0 Å². The minimum Gasteiger partial charge on any atom is -0.301 e. The van der Waals surface area contributed by atoms with Crippen LogP contribution in [0.15, 0.2) is 0 Å². The molecule has 0 saturated heterocycles. The molecule has 0 fully saturated rings. The zero-order valence-electron chi connectivity index (χ0n) is 7.94. The van der Waals surface area contributed by atoms with Gasteiger partial charge >= 0.3 is 0 Å². The Kier molecular flexibility index (Phi) is 7.39. The Balaban J connectivity index is 3.51. The molecule has 1 nitrogen and oxygen atoms in total. The highest BCUT2D eigenvalue weighted by Gasteiger charge is 2.05. The van der Waals surface area contributed by atoms with Gasteiger partial charge in [-0.15, -0.1) is 0 Å². The highest BCUT2D eigenvalue weighted by Crippen LogP contribution is 2.01. The number of hydrogen-bond acceptors (Lipinski definition) is 1. The lowest BCUT2D eigenvalue weighted by atomic mass is 10.2. The Morgan fingerprint density at radius 2 is 1.91 bits per heavy atom. The molecule has 11 heavy (non-hydrogen) atoms. The van der Waals surface area contributed by atoms with Gasteiger partial charge < -0.3 is 4.90 Å². The standard InChI is InChI=1S/C9H20BrN/c1-4-7-11(9(2)3)8-5-6-10/h9H,4-8H2,1-3H3. The molecule has 0 aliphatic heterocycles. The van der Waals surface area contributed by atoms with E-state index in [2.05, 4.69) is 41.6 Å². The van der Waals surface area contributed by atoms with Crippen LogP contribution in [0.4, 0.5) is 0 Å². The monoisotopic (exact) mass is 221 g/mol. The molecule has 0 N–H and O–H groups in total. The molecule has 0 rings (SSSR count). The number of alkyl halides is 1. The van der Waals surface area contributed by atoms with E-state index in [1.807, 2.05) is 0 Å². The number of hydrogen-bond donors (Lipinski definition) is 0. The van der Waals surface area contributed by atoms with E-state index in [1.165, 1.54) is 25.9 Å². The Morgan fingerprint density at radius 1 is 1.27 bits per heavy atom. The zero-order chi connectivity index (χ0) is 8.69. The summed E-state index contributed by atoms with van der Waals surface area (Å²) >= 11 is 3.45. The quantitative estimate of drug-likeness (QED) is 0.624. The molecular formula is C9H20BrN. The fourth-order valence-corrected chi connectivity index (χ4v) is 1.43. The summed E-state index contributed by atoms with van der Waals surface area (Å²) in [5, 5.41) is 1.12. The van der Waals surface area contributed by atoms with Crippen molar-refractivity contribution in [3.63, 3.8) is 0 Å². The lowest BCUT2D eigenvalue weighted by molar-refractivity contribution is 0.223. The van der Waals surface area contributed by atoms with Crippen LogP contribution in [0.1, 0.15) is 33.6 Å². The van der Waals surface area contributed by atoms with Crippen molar-refractivity contribution in [3.05, 3.63) is 0 Å². The van der Waals surface area contributed by atoms with Crippen molar-refractivity contribution >= 4 is 15.9 Å². The van der Waals surface area contributed by atoms with E-state index in [0.29, 0.717) is 6.04 Å². The van der Waals surface area contributed by atoms with Gasteiger partial charge in [0.1, 0.15) is 0 Å². The number of halogens is 1. The summed E-state index contributed by atoms with van der Waals surface area (Å²) in [4.78, 5) is 2.53. The van der Waals surface area contributed by atoms with Crippen molar-refractivity contribution in [2.24, 2.45) is 0 Å². The van der Waals surface area contributed by atoms with Crippen LogP contribution in [0.3, 0.4) is 0 Å². The van der Waals surface area contributed by atoms with E-state index in [9.17, 15) is 0 Å². The first-order valence-corrected chi connectivity index (χ1v) is 5.64. The Labute approximate surface area is 79.3 Å². The first-order valence-electron chi connectivity index (χ1n) is 4.52. The second kappa shape index (κ2) is 7.11. The van der Waals surface area contributed by atoms with Gasteiger partial charge in [0.05, 0.1) is 0 Å². The third-order valence-electron chi connectivity index (χ3n) is 1.82. The van der Waals surface area contributed by atoms with Crippen LogP contribution in [0.5, 0.6) is 0 Å². The molecule has 0 spiro atoms. The Hall–Kier alpha value is 0.440. The van der Waals surface area contributed by atoms with E-state index in [0.717, 1.165) is 5.33 Å². The van der Waals surface area contributed by atoms with Gasteiger partial charge in [0.2, 0.25) is 0 Å². The summed E-state index contributed by atoms with van der Waals surface area (Å²) in [6.45, 7) is 9.25. The van der Waals surface area contributed by atoms with Gasteiger partial charge in [-0.2, -0.15) is 0 Å². The molecule has 0 amide bonds. The topological polar surface area (TPSA) is 3.24 Å². The minimum atomic E-state index is 0.703. The first-order chi connectivity index (χ1) is 5.22. The average Bonchev–Trinajstić information content (AvgIpc) is 1.97. The number of nitrogens with zero attached hydrogens (tertiary/aromatic N) is 1. The maximum absolute atomic E-state index is 3.45. The molecule has 0 bridgehead atoms. The maximum atomic E-state index is 3.45. The molecule has 0 aromatic rings. The fourth-order valence-electron chi connectivity index (χ4n) is 1.18. The molecule has 0 aromatic carbocycles. The summed E-state index contributed by atoms with van der Waals surface area (Å²) in [6, 6.07) is 0.703. The van der Waals surface area contributed by atoms with Gasteiger partial charge in [-0.3, -0.25) is 0 Å². The van der Waals surface area contributed by atoms with Crippen molar-refractivity contribution in [1.82, 2.24) is 4.90 Å². The molecule has 0 radical (unpaired) electrons. The summed E-state index contributed by atoms with van der Waals surface area (Å²) < 4.78 is 0. The van der Waals surface area contributed by atoms with E-state index in [1.54, 1.807) is 0 Å². The summed E-state index contributed by atoms with van der Waals surface area (Å²) in [6.07, 6.45) is 2.53. The molecule has 0 atom stereocenters. The molecule has 0 unspecified atom stereocenters. The fraction of sp³-hybridized carbons (Fsp3) is 1.00. The van der Waals surface area contributed by atoms with Crippen LogP contribution >= 0.6 is 15.9 Å². The minimum absolute atomic E-state index is 0.703. The van der Waals surface area contributed by atoms with E-state index in [4.69, 9.17) is 0 Å². The lowest BCUT2D eigenvalue weighted by Gasteiger charge is -2.25. The molecule has 0 aromatic heterocycles. The van der Waals surface area contributed by atoms with Crippen LogP contribution < -0.4 is 0 Å². The third kappa shape index (κ3) is 5.68. The molecular weight excluding hydrogens is 202 g/mol. The molecule has 0 saturated carbocycles. The molecule has 0 aliphatic carbocycles. The summed E-state index contributed by atoms with van der Waals surface area (Å²) in [7, 11) is 0. The van der Waals surface area contributed by atoms with Crippen LogP contribution in [0, 0.1) is 0 Å². The van der Waals surface area contributed by atoms with E-state index < -0.39 is 0 Å². The van der Waals surface area contributed by atoms with Crippen LogP contribution in [-0.4, -0.2) is 29.4 Å². The van der Waals surface area contributed by atoms with Gasteiger partial charge in [0, 0.05) is 11.4 Å². The Morgan fingerprint density at radius 3 is 2.27 bits per heavy atom. The van der Waals surface area contributed by atoms with Gasteiger partial charge in [0.15, 0.2) is 0 Å². The SMILES string of the molecule is CCCN(CCCBr)C(C)C. The molecule has 0 aliphatic rings. The Bertz CT molecular complexity index is 83.6. The second-order valence-corrected chi connectivity index (χ2v) is 3.97. The predicted octanol–water partition coefficient (Wildman–Crippen LogP) is 2.89.